The topological polar surface area (TPSA) is 95.9 Å². The Morgan fingerprint density at radius 1 is 0.941 bits per heavy atom. The Kier molecular flexibility index (Phi) is 6.63. The number of hydrogen-bond donors (Lipinski definition) is 2. The van der Waals surface area contributed by atoms with E-state index in [1.807, 2.05) is 55.5 Å². The van der Waals surface area contributed by atoms with Crippen LogP contribution in [0.2, 0.25) is 0 Å². The molecule has 174 valence electrons. The first kappa shape index (κ1) is 23.0. The van der Waals surface area contributed by atoms with Gasteiger partial charge in [-0.05, 0) is 34.7 Å². The summed E-state index contributed by atoms with van der Waals surface area (Å²) in [5, 5.41) is 11.7. The number of alkyl carbamates (subject to hydrolysis) is 1. The zero-order valence-corrected chi connectivity index (χ0v) is 19.0. The molecule has 0 fully saturated rings. The Balaban J connectivity index is 1.51. The Morgan fingerprint density at radius 3 is 2.06 bits per heavy atom. The number of carboxylic acids is 1. The first-order valence-electron chi connectivity index (χ1n) is 11.0. The maximum atomic E-state index is 13.0. The van der Waals surface area contributed by atoms with Crippen LogP contribution in [0.15, 0.2) is 72.8 Å². The number of nitrogens with one attached hydrogen (secondary N) is 1. The lowest BCUT2D eigenvalue weighted by molar-refractivity contribution is -0.144. The Morgan fingerprint density at radius 2 is 1.50 bits per heavy atom. The van der Waals surface area contributed by atoms with Crippen LogP contribution in [0, 0.1) is 6.92 Å². The van der Waals surface area contributed by atoms with Crippen molar-refractivity contribution in [1.29, 1.82) is 0 Å². The molecule has 1 unspecified atom stereocenters. The number of ether oxygens (including phenoxy) is 1. The summed E-state index contributed by atoms with van der Waals surface area (Å²) < 4.78 is 5.59. The molecule has 0 radical (unpaired) electrons. The average molecular weight is 459 g/mol. The molecule has 0 heterocycles. The number of amides is 2. The molecule has 2 N–H and O–H groups in total. The zero-order chi connectivity index (χ0) is 24.2. The molecule has 0 bridgehead atoms. The normalized spacial score (nSPS) is 12.9. The molecule has 34 heavy (non-hydrogen) atoms. The molecule has 1 aliphatic carbocycles. The first-order valence-corrected chi connectivity index (χ1v) is 11.0. The summed E-state index contributed by atoms with van der Waals surface area (Å²) in [4.78, 5) is 37.9. The number of aliphatic carboxylic acids is 1. The molecule has 7 heteroatoms. The van der Waals surface area contributed by atoms with Crippen LogP contribution in [0.1, 0.15) is 34.2 Å². The fourth-order valence-corrected chi connectivity index (χ4v) is 4.31. The summed E-state index contributed by atoms with van der Waals surface area (Å²) in [5.41, 5.74) is 5.95. The number of rotatable bonds is 7. The van der Waals surface area contributed by atoms with E-state index in [4.69, 9.17) is 9.84 Å². The van der Waals surface area contributed by atoms with E-state index in [9.17, 15) is 14.4 Å². The summed E-state index contributed by atoms with van der Waals surface area (Å²) in [7, 11) is 1.39. The minimum atomic E-state index is -1.14. The summed E-state index contributed by atoms with van der Waals surface area (Å²) >= 11 is 0. The van der Waals surface area contributed by atoms with Gasteiger partial charge in [-0.2, -0.15) is 0 Å². The van der Waals surface area contributed by atoms with Gasteiger partial charge in [0.05, 0.1) is 0 Å². The highest BCUT2D eigenvalue weighted by Gasteiger charge is 2.31. The van der Waals surface area contributed by atoms with Gasteiger partial charge in [0.2, 0.25) is 5.91 Å². The van der Waals surface area contributed by atoms with Crippen LogP contribution in [-0.4, -0.2) is 48.2 Å². The summed E-state index contributed by atoms with van der Waals surface area (Å²) in [6, 6.07) is 22.1. The highest BCUT2D eigenvalue weighted by atomic mass is 16.5. The highest BCUT2D eigenvalue weighted by Crippen LogP contribution is 2.44. The van der Waals surface area contributed by atoms with E-state index < -0.39 is 30.6 Å². The van der Waals surface area contributed by atoms with Crippen molar-refractivity contribution in [3.05, 3.63) is 95.1 Å². The number of carbonyl (C=O) groups excluding carboxylic acids is 2. The second-order valence-electron chi connectivity index (χ2n) is 8.40. The lowest BCUT2D eigenvalue weighted by Crippen LogP contribution is -2.43. The SMILES string of the molecule is Cc1ccc(C(NC(=O)OCC2c3ccccc3-c3ccccc32)C(=O)N(C)CC(=O)O)cc1. The molecule has 3 aromatic rings. The third-order valence-corrected chi connectivity index (χ3v) is 6.01. The first-order chi connectivity index (χ1) is 16.3. The van der Waals surface area contributed by atoms with Crippen LogP contribution in [0.3, 0.4) is 0 Å². The van der Waals surface area contributed by atoms with Gasteiger partial charge >= 0.3 is 12.1 Å². The Bertz CT molecular complexity index is 1180. The molecular weight excluding hydrogens is 432 g/mol. The van der Waals surface area contributed by atoms with Gasteiger partial charge < -0.3 is 20.1 Å². The fraction of sp³-hybridized carbons (Fsp3) is 0.222. The molecule has 1 aliphatic rings. The molecule has 4 rings (SSSR count). The molecule has 3 aromatic carbocycles. The van der Waals surface area contributed by atoms with E-state index in [0.29, 0.717) is 5.56 Å². The highest BCUT2D eigenvalue weighted by molar-refractivity contribution is 5.89. The van der Waals surface area contributed by atoms with Gasteiger partial charge in [-0.1, -0.05) is 78.4 Å². The van der Waals surface area contributed by atoms with Crippen molar-refractivity contribution in [3.8, 4) is 11.1 Å². The number of nitrogens with zero attached hydrogens (tertiary/aromatic N) is 1. The van der Waals surface area contributed by atoms with E-state index in [0.717, 1.165) is 32.7 Å². The minimum Gasteiger partial charge on any atom is -0.480 e. The average Bonchev–Trinajstić information content (AvgIpc) is 3.15. The smallest absolute Gasteiger partial charge is 0.408 e. The second kappa shape index (κ2) is 9.79. The zero-order valence-electron chi connectivity index (χ0n) is 19.0. The monoisotopic (exact) mass is 458 g/mol. The molecule has 1 atom stereocenters. The van der Waals surface area contributed by atoms with E-state index in [-0.39, 0.29) is 12.5 Å². The lowest BCUT2D eigenvalue weighted by atomic mass is 9.98. The van der Waals surface area contributed by atoms with Crippen LogP contribution in [0.5, 0.6) is 0 Å². The molecule has 0 saturated heterocycles. The predicted molar refractivity (Wildman–Crippen MR) is 127 cm³/mol. The van der Waals surface area contributed by atoms with Gasteiger partial charge in [0, 0.05) is 13.0 Å². The number of fused-ring (bicyclic) bond motifs is 3. The van der Waals surface area contributed by atoms with Gasteiger partial charge in [0.15, 0.2) is 0 Å². The fourth-order valence-electron chi connectivity index (χ4n) is 4.31. The van der Waals surface area contributed by atoms with E-state index >= 15 is 0 Å². The minimum absolute atomic E-state index is 0.110. The van der Waals surface area contributed by atoms with Gasteiger partial charge in [0.25, 0.3) is 0 Å². The second-order valence-corrected chi connectivity index (χ2v) is 8.40. The Labute approximate surface area is 198 Å². The summed E-state index contributed by atoms with van der Waals surface area (Å²) in [6.45, 7) is 1.54. The number of aryl methyl sites for hydroxylation is 1. The van der Waals surface area contributed by atoms with Crippen LogP contribution in [0.25, 0.3) is 11.1 Å². The largest absolute Gasteiger partial charge is 0.480 e. The van der Waals surface area contributed by atoms with E-state index in [2.05, 4.69) is 17.4 Å². The lowest BCUT2D eigenvalue weighted by Gasteiger charge is -2.24. The number of carbonyl (C=O) groups is 3. The number of likely N-dealkylation sites (N-methyl/N-ethyl adjacent to an activating group) is 1. The van der Waals surface area contributed by atoms with Crippen molar-refractivity contribution in [1.82, 2.24) is 10.2 Å². The maximum Gasteiger partial charge on any atom is 0.408 e. The number of benzene rings is 3. The summed E-state index contributed by atoms with van der Waals surface area (Å²) in [5.74, 6) is -1.79. The third kappa shape index (κ3) is 4.78. The molecular formula is C27H26N2O5. The van der Waals surface area contributed by atoms with Crippen molar-refractivity contribution in [2.24, 2.45) is 0 Å². The number of carboxylic acid groups (broad SMARTS) is 1. The van der Waals surface area contributed by atoms with Crippen LogP contribution in [-0.2, 0) is 14.3 Å². The van der Waals surface area contributed by atoms with Gasteiger partial charge in [-0.25, -0.2) is 4.79 Å². The van der Waals surface area contributed by atoms with Crippen molar-refractivity contribution >= 4 is 18.0 Å². The van der Waals surface area contributed by atoms with Crippen molar-refractivity contribution in [2.45, 2.75) is 18.9 Å². The van der Waals surface area contributed by atoms with E-state index in [1.54, 1.807) is 12.1 Å². The van der Waals surface area contributed by atoms with Gasteiger partial charge in [-0.15, -0.1) is 0 Å². The van der Waals surface area contributed by atoms with Crippen LogP contribution in [0.4, 0.5) is 4.79 Å². The number of hydrogen-bond acceptors (Lipinski definition) is 4. The van der Waals surface area contributed by atoms with Gasteiger partial charge in [-0.3, -0.25) is 9.59 Å². The maximum absolute atomic E-state index is 13.0. The summed E-state index contributed by atoms with van der Waals surface area (Å²) in [6.07, 6.45) is -0.746. The van der Waals surface area contributed by atoms with Gasteiger partial charge in [0.1, 0.15) is 19.2 Å². The van der Waals surface area contributed by atoms with E-state index in [1.165, 1.54) is 7.05 Å². The molecule has 0 spiro atoms. The van der Waals surface area contributed by atoms with Crippen LogP contribution < -0.4 is 5.32 Å². The van der Waals surface area contributed by atoms with Crippen LogP contribution >= 0.6 is 0 Å². The quantitative estimate of drug-likeness (QED) is 0.555. The third-order valence-electron chi connectivity index (χ3n) is 6.01. The van der Waals surface area contributed by atoms with Crippen molar-refractivity contribution in [2.75, 3.05) is 20.2 Å². The predicted octanol–water partition coefficient (Wildman–Crippen LogP) is 4.12. The Hall–Kier alpha value is -4.13. The van der Waals surface area contributed by atoms with Crippen molar-refractivity contribution in [3.63, 3.8) is 0 Å². The molecule has 0 aromatic heterocycles. The molecule has 7 nitrogen and oxygen atoms in total. The van der Waals surface area contributed by atoms with Crippen molar-refractivity contribution < 1.29 is 24.2 Å². The molecule has 2 amide bonds. The standard InChI is InChI=1S/C27H26N2O5/c1-17-11-13-18(14-12-17)25(26(32)29(2)15-24(30)31)28-27(33)34-16-23-21-9-5-3-7-19(21)20-8-4-6-10-22(20)23/h3-14,23,25H,15-16H2,1-2H3,(H,28,33)(H,30,31). The molecule has 0 aliphatic heterocycles. The molecule has 0 saturated carbocycles.